The van der Waals surface area contributed by atoms with Crippen LogP contribution >= 0.6 is 0 Å². The molecule has 0 bridgehead atoms. The van der Waals surface area contributed by atoms with Crippen LogP contribution in [-0.2, 0) is 0 Å². The third-order valence-electron chi connectivity index (χ3n) is 2.26. The topological polar surface area (TPSA) is 21.3 Å². The Morgan fingerprint density at radius 2 is 1.71 bits per heavy atom. The molecular weight excluding hydrogens is 224 g/mol. The molecule has 0 radical (unpaired) electrons. The van der Waals surface area contributed by atoms with Crippen molar-refractivity contribution in [1.29, 1.82) is 0 Å². The van der Waals surface area contributed by atoms with Gasteiger partial charge >= 0.3 is 0 Å². The summed E-state index contributed by atoms with van der Waals surface area (Å²) in [5.41, 5.74) is 0.914. The molecular formula is C13H11F2NO. The summed E-state index contributed by atoms with van der Waals surface area (Å²) in [6.45, 7) is 0. The predicted octanol–water partition coefficient (Wildman–Crippen LogP) is 3.80. The van der Waals surface area contributed by atoms with E-state index in [0.717, 1.165) is 23.9 Å². The molecule has 88 valence electrons. The van der Waals surface area contributed by atoms with Crippen molar-refractivity contribution in [1.82, 2.24) is 0 Å². The average molecular weight is 235 g/mol. The summed E-state index contributed by atoms with van der Waals surface area (Å²) in [7, 11) is 1.79. The number of nitrogens with one attached hydrogen (secondary N) is 1. The van der Waals surface area contributed by atoms with Crippen LogP contribution in [0.15, 0.2) is 42.5 Å². The van der Waals surface area contributed by atoms with E-state index in [1.165, 1.54) is 0 Å². The highest BCUT2D eigenvalue weighted by molar-refractivity contribution is 5.46. The predicted molar refractivity (Wildman–Crippen MR) is 62.4 cm³/mol. The van der Waals surface area contributed by atoms with Crippen LogP contribution in [-0.4, -0.2) is 7.05 Å². The lowest BCUT2D eigenvalue weighted by molar-refractivity contribution is 0.436. The Labute approximate surface area is 97.8 Å². The molecule has 2 aromatic rings. The van der Waals surface area contributed by atoms with Gasteiger partial charge in [-0.3, -0.25) is 0 Å². The number of anilines is 1. The standard InChI is InChI=1S/C13H11F2NO/c1-16-10-3-5-11(6-4-10)17-13-8-9(14)2-7-12(13)15/h2-8,16H,1H3. The first-order valence-electron chi connectivity index (χ1n) is 5.10. The molecule has 0 unspecified atom stereocenters. The smallest absolute Gasteiger partial charge is 0.165 e. The normalized spacial score (nSPS) is 10.1. The zero-order chi connectivity index (χ0) is 12.3. The highest BCUT2D eigenvalue weighted by Gasteiger charge is 2.06. The van der Waals surface area contributed by atoms with Gasteiger partial charge in [0.15, 0.2) is 11.6 Å². The van der Waals surface area contributed by atoms with E-state index in [4.69, 9.17) is 4.74 Å². The third kappa shape index (κ3) is 2.72. The maximum absolute atomic E-state index is 13.3. The second kappa shape index (κ2) is 4.82. The van der Waals surface area contributed by atoms with Crippen LogP contribution in [0.3, 0.4) is 0 Å². The summed E-state index contributed by atoms with van der Waals surface area (Å²) in [6, 6.07) is 10.0. The Bertz CT molecular complexity index is 511. The van der Waals surface area contributed by atoms with Gasteiger partial charge < -0.3 is 10.1 Å². The summed E-state index contributed by atoms with van der Waals surface area (Å²) in [4.78, 5) is 0. The monoisotopic (exact) mass is 235 g/mol. The maximum Gasteiger partial charge on any atom is 0.165 e. The Morgan fingerprint density at radius 1 is 1.00 bits per heavy atom. The summed E-state index contributed by atoms with van der Waals surface area (Å²) in [5, 5.41) is 2.95. The fourth-order valence-electron chi connectivity index (χ4n) is 1.37. The molecule has 4 heteroatoms. The molecule has 0 aliphatic heterocycles. The summed E-state index contributed by atoms with van der Waals surface area (Å²) >= 11 is 0. The van der Waals surface area contributed by atoms with E-state index in [0.29, 0.717) is 5.75 Å². The van der Waals surface area contributed by atoms with Crippen molar-refractivity contribution in [3.63, 3.8) is 0 Å². The van der Waals surface area contributed by atoms with E-state index in [9.17, 15) is 8.78 Å². The van der Waals surface area contributed by atoms with E-state index in [2.05, 4.69) is 5.32 Å². The van der Waals surface area contributed by atoms with Crippen LogP contribution in [0.1, 0.15) is 0 Å². The molecule has 0 saturated heterocycles. The van der Waals surface area contributed by atoms with Gasteiger partial charge in [-0.2, -0.15) is 0 Å². The van der Waals surface area contributed by atoms with Crippen molar-refractivity contribution in [2.75, 3.05) is 12.4 Å². The minimum atomic E-state index is -0.593. The first-order valence-corrected chi connectivity index (χ1v) is 5.10. The number of halogens is 2. The summed E-state index contributed by atoms with van der Waals surface area (Å²) in [5.74, 6) is -0.798. The Balaban J connectivity index is 2.22. The van der Waals surface area contributed by atoms with Gasteiger partial charge in [0.1, 0.15) is 11.6 Å². The van der Waals surface area contributed by atoms with Gasteiger partial charge in [0.25, 0.3) is 0 Å². The van der Waals surface area contributed by atoms with Crippen molar-refractivity contribution in [2.45, 2.75) is 0 Å². The highest BCUT2D eigenvalue weighted by Crippen LogP contribution is 2.26. The summed E-state index contributed by atoms with van der Waals surface area (Å²) < 4.78 is 31.5. The first-order chi connectivity index (χ1) is 8.19. The van der Waals surface area contributed by atoms with Gasteiger partial charge in [-0.1, -0.05) is 0 Å². The molecule has 0 saturated carbocycles. The molecule has 0 aliphatic carbocycles. The zero-order valence-corrected chi connectivity index (χ0v) is 9.21. The average Bonchev–Trinajstić information content (AvgIpc) is 2.35. The SMILES string of the molecule is CNc1ccc(Oc2cc(F)ccc2F)cc1. The van der Waals surface area contributed by atoms with Crippen molar-refractivity contribution < 1.29 is 13.5 Å². The van der Waals surface area contributed by atoms with Gasteiger partial charge in [-0.25, -0.2) is 8.78 Å². The number of hydrogen-bond donors (Lipinski definition) is 1. The number of hydrogen-bond acceptors (Lipinski definition) is 2. The van der Waals surface area contributed by atoms with E-state index >= 15 is 0 Å². The lowest BCUT2D eigenvalue weighted by Crippen LogP contribution is -1.91. The molecule has 2 aromatic carbocycles. The molecule has 0 aliphatic rings. The molecule has 2 rings (SSSR count). The Kier molecular flexibility index (Phi) is 3.23. The second-order valence-corrected chi connectivity index (χ2v) is 3.45. The van der Waals surface area contributed by atoms with Crippen molar-refractivity contribution in [2.24, 2.45) is 0 Å². The number of ether oxygens (including phenoxy) is 1. The van der Waals surface area contributed by atoms with Crippen molar-refractivity contribution in [3.05, 3.63) is 54.1 Å². The Hall–Kier alpha value is -2.10. The van der Waals surface area contributed by atoms with Crippen LogP contribution in [0.2, 0.25) is 0 Å². The Morgan fingerprint density at radius 3 is 2.35 bits per heavy atom. The van der Waals surface area contributed by atoms with Crippen molar-refractivity contribution >= 4 is 5.69 Å². The molecule has 17 heavy (non-hydrogen) atoms. The van der Waals surface area contributed by atoms with Crippen molar-refractivity contribution in [3.8, 4) is 11.5 Å². The molecule has 0 aromatic heterocycles. The molecule has 0 atom stereocenters. The van der Waals surface area contributed by atoms with Gasteiger partial charge in [0.2, 0.25) is 0 Å². The number of rotatable bonds is 3. The zero-order valence-electron chi connectivity index (χ0n) is 9.21. The van der Waals surface area contributed by atoms with E-state index in [1.54, 1.807) is 31.3 Å². The molecule has 2 nitrogen and oxygen atoms in total. The molecule has 0 amide bonds. The summed E-state index contributed by atoms with van der Waals surface area (Å²) in [6.07, 6.45) is 0. The lowest BCUT2D eigenvalue weighted by Gasteiger charge is -2.07. The van der Waals surface area contributed by atoms with Crippen LogP contribution in [0.5, 0.6) is 11.5 Å². The van der Waals surface area contributed by atoms with Crippen LogP contribution in [0.25, 0.3) is 0 Å². The quantitative estimate of drug-likeness (QED) is 0.873. The second-order valence-electron chi connectivity index (χ2n) is 3.45. The molecule has 0 spiro atoms. The highest BCUT2D eigenvalue weighted by atomic mass is 19.1. The van der Waals surface area contributed by atoms with E-state index < -0.39 is 11.6 Å². The molecule has 0 heterocycles. The third-order valence-corrected chi connectivity index (χ3v) is 2.26. The van der Waals surface area contributed by atoms with Crippen LogP contribution in [0.4, 0.5) is 14.5 Å². The maximum atomic E-state index is 13.3. The molecule has 0 fully saturated rings. The van der Waals surface area contributed by atoms with Gasteiger partial charge in [-0.15, -0.1) is 0 Å². The lowest BCUT2D eigenvalue weighted by atomic mass is 10.3. The van der Waals surface area contributed by atoms with Crippen LogP contribution < -0.4 is 10.1 Å². The minimum Gasteiger partial charge on any atom is -0.454 e. The van der Waals surface area contributed by atoms with Gasteiger partial charge in [0, 0.05) is 18.8 Å². The fraction of sp³-hybridized carbons (Fsp3) is 0.0769. The van der Waals surface area contributed by atoms with E-state index in [-0.39, 0.29) is 5.75 Å². The van der Waals surface area contributed by atoms with E-state index in [1.807, 2.05) is 0 Å². The largest absolute Gasteiger partial charge is 0.454 e. The van der Waals surface area contributed by atoms with Gasteiger partial charge in [0.05, 0.1) is 0 Å². The van der Waals surface area contributed by atoms with Gasteiger partial charge in [-0.05, 0) is 36.4 Å². The fourth-order valence-corrected chi connectivity index (χ4v) is 1.37. The molecule has 1 N–H and O–H groups in total. The number of benzene rings is 2. The van der Waals surface area contributed by atoms with Crippen LogP contribution in [0, 0.1) is 11.6 Å². The minimum absolute atomic E-state index is 0.123. The first kappa shape index (κ1) is 11.4.